The molecule has 194 valence electrons. The molecule has 0 aliphatic carbocycles. The lowest BCUT2D eigenvalue weighted by molar-refractivity contribution is -0.114. The summed E-state index contributed by atoms with van der Waals surface area (Å²) in [5, 5.41) is 15.8. The van der Waals surface area contributed by atoms with Crippen molar-refractivity contribution in [2.75, 3.05) is 26.9 Å². The number of para-hydroxylation sites is 2. The third-order valence-corrected chi connectivity index (χ3v) is 6.26. The molecular formula is C27H30N4O5S. The van der Waals surface area contributed by atoms with Crippen LogP contribution >= 0.6 is 11.8 Å². The van der Waals surface area contributed by atoms with Crippen LogP contribution in [0.2, 0.25) is 0 Å². The van der Waals surface area contributed by atoms with Gasteiger partial charge in [0.05, 0.1) is 19.3 Å². The molecule has 2 aliphatic heterocycles. The summed E-state index contributed by atoms with van der Waals surface area (Å²) < 4.78 is 22.7. The van der Waals surface area contributed by atoms with E-state index in [2.05, 4.69) is 23.9 Å². The molecule has 2 aromatic rings. The Balaban J connectivity index is 1.46. The third-order valence-electron chi connectivity index (χ3n) is 5.33. The predicted molar refractivity (Wildman–Crippen MR) is 146 cm³/mol. The maximum absolute atomic E-state index is 12.7. The quantitative estimate of drug-likeness (QED) is 0.319. The Bertz CT molecular complexity index is 1270. The van der Waals surface area contributed by atoms with Crippen LogP contribution in [0.15, 0.2) is 58.1 Å². The molecule has 1 N–H and O–H groups in total. The second-order valence-corrected chi connectivity index (χ2v) is 9.64. The Kier molecular flexibility index (Phi) is 8.50. The number of nitrogens with zero attached hydrogens (tertiary/aromatic N) is 3. The first-order valence-corrected chi connectivity index (χ1v) is 12.9. The van der Waals surface area contributed by atoms with E-state index < -0.39 is 5.91 Å². The fourth-order valence-corrected chi connectivity index (χ4v) is 4.77. The lowest BCUT2D eigenvalue weighted by atomic mass is 10.1. The topological polar surface area (TPSA) is 106 Å². The molecule has 0 radical (unpaired) electrons. The molecule has 0 aromatic heterocycles. The van der Waals surface area contributed by atoms with Crippen molar-refractivity contribution in [2.45, 2.75) is 27.2 Å². The first-order valence-electron chi connectivity index (χ1n) is 12.0. The summed E-state index contributed by atoms with van der Waals surface area (Å²) in [6, 6.07) is 12.8. The minimum atomic E-state index is -0.462. The van der Waals surface area contributed by atoms with Gasteiger partial charge in [0.25, 0.3) is 5.91 Å². The summed E-state index contributed by atoms with van der Waals surface area (Å²) in [5.41, 5.74) is 0.853. The van der Waals surface area contributed by atoms with Gasteiger partial charge in [-0.3, -0.25) is 10.2 Å². The number of amides is 1. The average molecular weight is 523 g/mol. The molecule has 0 spiro atoms. The third kappa shape index (κ3) is 6.32. The summed E-state index contributed by atoms with van der Waals surface area (Å²) in [7, 11) is 1.60. The van der Waals surface area contributed by atoms with Crippen LogP contribution in [0.1, 0.15) is 32.8 Å². The number of thioether (sulfide) groups is 1. The number of amidine groups is 2. The van der Waals surface area contributed by atoms with Crippen molar-refractivity contribution >= 4 is 39.8 Å². The lowest BCUT2D eigenvalue weighted by Crippen LogP contribution is -2.35. The number of rotatable bonds is 11. The molecule has 0 atom stereocenters. The van der Waals surface area contributed by atoms with Crippen molar-refractivity contribution in [3.05, 3.63) is 53.6 Å². The van der Waals surface area contributed by atoms with Gasteiger partial charge in [0.1, 0.15) is 18.3 Å². The molecule has 0 saturated carbocycles. The SMILES string of the molecule is CCOc1cc(/C=C2/C(=N)N3N=C(CC(C)C)SC3=NC2=O)ccc1OCCOc1ccccc1OC. The summed E-state index contributed by atoms with van der Waals surface area (Å²) in [5.74, 6) is 2.34. The Labute approximate surface area is 220 Å². The number of hydrogen-bond donors (Lipinski definition) is 1. The molecule has 0 fully saturated rings. The standard InChI is InChI=1S/C27H30N4O5S/c1-5-34-23-16-18(10-11-22(23)36-13-12-35-21-9-7-6-8-20(21)33-4)15-19-25(28)31-27(29-26(19)32)37-24(30-31)14-17(2)3/h6-11,15-17,28H,5,12-14H2,1-4H3/b19-15-,28-25?. The number of benzene rings is 2. The number of nitrogens with one attached hydrogen (secondary N) is 1. The van der Waals surface area contributed by atoms with Gasteiger partial charge >= 0.3 is 0 Å². The van der Waals surface area contributed by atoms with Gasteiger partial charge in [-0.15, -0.1) is 0 Å². The number of fused-ring (bicyclic) bond motifs is 1. The van der Waals surface area contributed by atoms with Crippen LogP contribution in [0.25, 0.3) is 6.08 Å². The summed E-state index contributed by atoms with van der Waals surface area (Å²) in [4.78, 5) is 16.9. The van der Waals surface area contributed by atoms with Crippen molar-refractivity contribution in [1.29, 1.82) is 5.41 Å². The Morgan fingerprint density at radius 3 is 2.41 bits per heavy atom. The number of methoxy groups -OCH3 is 1. The predicted octanol–water partition coefficient (Wildman–Crippen LogP) is 5.22. The zero-order chi connectivity index (χ0) is 26.4. The zero-order valence-corrected chi connectivity index (χ0v) is 22.1. The van der Waals surface area contributed by atoms with E-state index in [1.165, 1.54) is 16.8 Å². The number of aliphatic imine (C=N–C) groups is 1. The minimum absolute atomic E-state index is 0.00744. The molecule has 9 nitrogen and oxygen atoms in total. The monoisotopic (exact) mass is 522 g/mol. The highest BCUT2D eigenvalue weighted by atomic mass is 32.2. The van der Waals surface area contributed by atoms with Crippen molar-refractivity contribution in [2.24, 2.45) is 16.0 Å². The molecule has 2 heterocycles. The maximum atomic E-state index is 12.7. The van der Waals surface area contributed by atoms with E-state index in [1.54, 1.807) is 31.4 Å². The normalized spacial score (nSPS) is 16.0. The van der Waals surface area contributed by atoms with Crippen LogP contribution in [0.4, 0.5) is 0 Å². The van der Waals surface area contributed by atoms with Gasteiger partial charge in [-0.2, -0.15) is 15.1 Å². The summed E-state index contributed by atoms with van der Waals surface area (Å²) in [6.45, 7) is 7.13. The van der Waals surface area contributed by atoms with Gasteiger partial charge in [-0.05, 0) is 60.5 Å². The molecule has 4 rings (SSSR count). The molecule has 0 unspecified atom stereocenters. The Morgan fingerprint density at radius 2 is 1.73 bits per heavy atom. The van der Waals surface area contributed by atoms with Crippen LogP contribution in [0.5, 0.6) is 23.0 Å². The molecule has 2 aromatic carbocycles. The largest absolute Gasteiger partial charge is 0.493 e. The van der Waals surface area contributed by atoms with Crippen LogP contribution in [-0.4, -0.2) is 53.9 Å². The fourth-order valence-electron chi connectivity index (χ4n) is 3.67. The second kappa shape index (κ2) is 12.0. The van der Waals surface area contributed by atoms with E-state index in [1.807, 2.05) is 31.2 Å². The second-order valence-electron chi connectivity index (χ2n) is 8.60. The van der Waals surface area contributed by atoms with Crippen LogP contribution in [0.3, 0.4) is 0 Å². The first-order chi connectivity index (χ1) is 17.9. The number of ether oxygens (including phenoxy) is 4. The fraction of sp³-hybridized carbons (Fsp3) is 0.333. The van der Waals surface area contributed by atoms with E-state index in [0.717, 1.165) is 11.5 Å². The van der Waals surface area contributed by atoms with Crippen molar-refractivity contribution in [3.8, 4) is 23.0 Å². The van der Waals surface area contributed by atoms with E-state index in [-0.39, 0.29) is 11.4 Å². The summed E-state index contributed by atoms with van der Waals surface area (Å²) >= 11 is 1.34. The van der Waals surface area contributed by atoms with Gasteiger partial charge < -0.3 is 18.9 Å². The van der Waals surface area contributed by atoms with Gasteiger partial charge in [0.15, 0.2) is 28.8 Å². The molecule has 0 saturated heterocycles. The summed E-state index contributed by atoms with van der Waals surface area (Å²) in [6.07, 6.45) is 2.40. The van der Waals surface area contributed by atoms with E-state index in [9.17, 15) is 4.79 Å². The molecule has 1 amide bonds. The van der Waals surface area contributed by atoms with Crippen LogP contribution in [0, 0.1) is 11.3 Å². The van der Waals surface area contributed by atoms with Crippen molar-refractivity contribution in [1.82, 2.24) is 5.01 Å². The zero-order valence-electron chi connectivity index (χ0n) is 21.3. The van der Waals surface area contributed by atoms with Gasteiger partial charge in [-0.25, -0.2) is 0 Å². The number of hydrogen-bond acceptors (Lipinski definition) is 8. The minimum Gasteiger partial charge on any atom is -0.493 e. The van der Waals surface area contributed by atoms with E-state index in [0.29, 0.717) is 59.5 Å². The average Bonchev–Trinajstić information content (AvgIpc) is 3.27. The van der Waals surface area contributed by atoms with Crippen molar-refractivity contribution in [3.63, 3.8) is 0 Å². The highest BCUT2D eigenvalue weighted by Gasteiger charge is 2.35. The Morgan fingerprint density at radius 1 is 1.03 bits per heavy atom. The number of hydrazone groups is 1. The van der Waals surface area contributed by atoms with E-state index in [4.69, 9.17) is 24.4 Å². The molecule has 10 heteroatoms. The molecule has 0 bridgehead atoms. The van der Waals surface area contributed by atoms with E-state index >= 15 is 0 Å². The Hall–Kier alpha value is -3.79. The van der Waals surface area contributed by atoms with Gasteiger partial charge in [0.2, 0.25) is 5.17 Å². The number of carbonyl (C=O) groups excluding carboxylic acids is 1. The van der Waals surface area contributed by atoms with Crippen molar-refractivity contribution < 1.29 is 23.7 Å². The number of carbonyl (C=O) groups is 1. The van der Waals surface area contributed by atoms with Gasteiger partial charge in [-0.1, -0.05) is 32.0 Å². The maximum Gasteiger partial charge on any atom is 0.283 e. The first kappa shape index (κ1) is 26.3. The molecular weight excluding hydrogens is 492 g/mol. The van der Waals surface area contributed by atoms with Gasteiger partial charge in [0, 0.05) is 6.42 Å². The van der Waals surface area contributed by atoms with Crippen LogP contribution in [-0.2, 0) is 4.79 Å². The van der Waals surface area contributed by atoms with Crippen LogP contribution < -0.4 is 18.9 Å². The smallest absolute Gasteiger partial charge is 0.283 e. The molecule has 37 heavy (non-hydrogen) atoms. The highest BCUT2D eigenvalue weighted by Crippen LogP contribution is 2.33. The highest BCUT2D eigenvalue weighted by molar-refractivity contribution is 8.26. The molecule has 2 aliphatic rings. The lowest BCUT2D eigenvalue weighted by Gasteiger charge is -2.20.